The molecule has 1 saturated heterocycles. The Bertz CT molecular complexity index is 1150. The van der Waals surface area contributed by atoms with Crippen molar-refractivity contribution in [2.24, 2.45) is 0 Å². The van der Waals surface area contributed by atoms with Gasteiger partial charge in [0.1, 0.15) is 0 Å². The minimum absolute atomic E-state index is 0.0225. The van der Waals surface area contributed by atoms with Crippen LogP contribution in [0.25, 0.3) is 6.08 Å². The van der Waals surface area contributed by atoms with E-state index in [4.69, 9.17) is 9.47 Å². The van der Waals surface area contributed by atoms with Crippen LogP contribution < -0.4 is 9.47 Å². The van der Waals surface area contributed by atoms with Gasteiger partial charge in [0, 0.05) is 18.7 Å². The van der Waals surface area contributed by atoms with E-state index in [1.807, 2.05) is 0 Å². The van der Waals surface area contributed by atoms with E-state index < -0.39 is 20.7 Å². The zero-order valence-electron chi connectivity index (χ0n) is 16.5. The molecule has 0 radical (unpaired) electrons. The number of nitro benzene ring substituents is 1. The summed E-state index contributed by atoms with van der Waals surface area (Å²) in [6.45, 7) is 0.978. The second-order valence-corrected chi connectivity index (χ2v) is 9.15. The predicted octanol–water partition coefficient (Wildman–Crippen LogP) is 3.39. The Balaban J connectivity index is 1.53. The maximum absolute atomic E-state index is 12.7. The second kappa shape index (κ2) is 8.48. The molecular formula is C21H20N2O7S. The first-order valence-corrected chi connectivity index (χ1v) is 11.2. The van der Waals surface area contributed by atoms with Crippen molar-refractivity contribution in [3.8, 4) is 11.5 Å². The number of fused-ring (bicyclic) bond motifs is 1. The molecule has 9 nitrogen and oxygen atoms in total. The van der Waals surface area contributed by atoms with E-state index >= 15 is 0 Å². The number of carbonyl (C=O) groups is 1. The smallest absolute Gasteiger partial charge is 0.280 e. The lowest BCUT2D eigenvalue weighted by Crippen LogP contribution is -2.35. The number of nitrogens with zero attached hydrogens (tertiary/aromatic N) is 2. The van der Waals surface area contributed by atoms with Crippen LogP contribution >= 0.6 is 0 Å². The van der Waals surface area contributed by atoms with E-state index in [1.54, 1.807) is 0 Å². The molecule has 0 atom stereocenters. The molecule has 31 heavy (non-hydrogen) atoms. The summed E-state index contributed by atoms with van der Waals surface area (Å²) in [5.41, 5.74) is 0.264. The number of hydrogen-bond donors (Lipinski definition) is 0. The highest BCUT2D eigenvalue weighted by Gasteiger charge is 2.26. The Morgan fingerprint density at radius 3 is 2.32 bits per heavy atom. The number of ether oxygens (including phenoxy) is 2. The summed E-state index contributed by atoms with van der Waals surface area (Å²) in [7, 11) is -3.58. The molecule has 0 aliphatic carbocycles. The average Bonchev–Trinajstić information content (AvgIpc) is 3.25. The third-order valence-electron chi connectivity index (χ3n) is 5.22. The lowest BCUT2D eigenvalue weighted by atomic mass is 10.1. The van der Waals surface area contributed by atoms with Crippen molar-refractivity contribution in [1.82, 2.24) is 4.31 Å². The fourth-order valence-electron chi connectivity index (χ4n) is 3.55. The monoisotopic (exact) mass is 444 g/mol. The van der Waals surface area contributed by atoms with Crippen LogP contribution in [0.15, 0.2) is 47.4 Å². The van der Waals surface area contributed by atoms with Crippen molar-refractivity contribution < 1.29 is 27.6 Å². The van der Waals surface area contributed by atoms with Crippen molar-refractivity contribution >= 4 is 27.6 Å². The van der Waals surface area contributed by atoms with Gasteiger partial charge < -0.3 is 9.47 Å². The van der Waals surface area contributed by atoms with E-state index in [0.717, 1.165) is 19.3 Å². The van der Waals surface area contributed by atoms with Gasteiger partial charge in [-0.05, 0) is 55.3 Å². The van der Waals surface area contributed by atoms with Crippen LogP contribution in [-0.4, -0.2) is 43.3 Å². The Hall–Kier alpha value is -3.24. The van der Waals surface area contributed by atoms with Crippen LogP contribution in [0, 0.1) is 10.1 Å². The Kier molecular flexibility index (Phi) is 5.75. The largest absolute Gasteiger partial charge is 0.454 e. The van der Waals surface area contributed by atoms with E-state index in [0.29, 0.717) is 18.8 Å². The van der Waals surface area contributed by atoms with Crippen molar-refractivity contribution in [2.75, 3.05) is 19.9 Å². The standard InChI is InChI=1S/C21H20N2O7S/c24-19(9-6-16-12-20-21(30-14-29-20)13-18(16)23(25)26)15-4-7-17(8-5-15)31(27,28)22-10-2-1-3-11-22/h4-9,12-13H,1-3,10-11,14H2/b9-6+. The summed E-state index contributed by atoms with van der Waals surface area (Å²) in [6.07, 6.45) is 5.24. The fraction of sp³-hybridized carbons (Fsp3) is 0.286. The summed E-state index contributed by atoms with van der Waals surface area (Å²) in [6, 6.07) is 8.41. The average molecular weight is 444 g/mol. The number of nitro groups is 1. The van der Waals surface area contributed by atoms with Gasteiger partial charge in [-0.25, -0.2) is 8.42 Å². The molecule has 10 heteroatoms. The normalized spacial score (nSPS) is 16.5. The van der Waals surface area contributed by atoms with Gasteiger partial charge in [-0.15, -0.1) is 0 Å². The molecule has 0 spiro atoms. The maximum atomic E-state index is 12.7. The maximum Gasteiger partial charge on any atom is 0.280 e. The van der Waals surface area contributed by atoms with Gasteiger partial charge >= 0.3 is 0 Å². The number of hydrogen-bond acceptors (Lipinski definition) is 7. The summed E-state index contributed by atoms with van der Waals surface area (Å²) >= 11 is 0. The van der Waals surface area contributed by atoms with Crippen molar-refractivity contribution in [1.29, 1.82) is 0 Å². The first-order valence-electron chi connectivity index (χ1n) is 9.77. The zero-order valence-corrected chi connectivity index (χ0v) is 17.3. The number of benzene rings is 2. The highest BCUT2D eigenvalue weighted by molar-refractivity contribution is 7.89. The minimum Gasteiger partial charge on any atom is -0.454 e. The molecule has 0 saturated carbocycles. The summed E-state index contributed by atoms with van der Waals surface area (Å²) in [4.78, 5) is 23.4. The SMILES string of the molecule is O=C(/C=C/c1cc2c(cc1[N+](=O)[O-])OCO2)c1ccc(S(=O)(=O)N2CCCCC2)cc1. The molecule has 162 valence electrons. The molecule has 2 aromatic rings. The fourth-order valence-corrected chi connectivity index (χ4v) is 5.06. The van der Waals surface area contributed by atoms with Crippen LogP contribution in [0.5, 0.6) is 11.5 Å². The van der Waals surface area contributed by atoms with Gasteiger partial charge in [-0.1, -0.05) is 6.42 Å². The van der Waals surface area contributed by atoms with E-state index in [2.05, 4.69) is 0 Å². The molecule has 2 heterocycles. The molecule has 0 aromatic heterocycles. The highest BCUT2D eigenvalue weighted by Crippen LogP contribution is 2.38. The second-order valence-electron chi connectivity index (χ2n) is 7.21. The lowest BCUT2D eigenvalue weighted by Gasteiger charge is -2.25. The predicted molar refractivity (Wildman–Crippen MR) is 112 cm³/mol. The molecule has 2 aromatic carbocycles. The van der Waals surface area contributed by atoms with Gasteiger partial charge in [0.25, 0.3) is 5.69 Å². The van der Waals surface area contributed by atoms with Crippen LogP contribution in [0.1, 0.15) is 35.2 Å². The van der Waals surface area contributed by atoms with E-state index in [-0.39, 0.29) is 34.3 Å². The Morgan fingerprint density at radius 1 is 1.03 bits per heavy atom. The first kappa shape index (κ1) is 21.0. The third kappa shape index (κ3) is 4.30. The lowest BCUT2D eigenvalue weighted by molar-refractivity contribution is -0.385. The van der Waals surface area contributed by atoms with Crippen molar-refractivity contribution in [3.63, 3.8) is 0 Å². The van der Waals surface area contributed by atoms with Gasteiger partial charge in [0.15, 0.2) is 17.3 Å². The molecule has 2 aliphatic heterocycles. The quantitative estimate of drug-likeness (QED) is 0.290. The number of sulfonamides is 1. The molecule has 1 fully saturated rings. The van der Waals surface area contributed by atoms with Gasteiger partial charge in [-0.2, -0.15) is 4.31 Å². The molecule has 0 N–H and O–H groups in total. The summed E-state index contributed by atoms with van der Waals surface area (Å²) < 4.78 is 37.3. The van der Waals surface area contributed by atoms with Crippen LogP contribution in [0.2, 0.25) is 0 Å². The molecule has 0 amide bonds. The molecule has 4 rings (SSSR count). The minimum atomic E-state index is -3.58. The zero-order chi connectivity index (χ0) is 22.0. The molecule has 0 bridgehead atoms. The number of ketones is 1. The van der Waals surface area contributed by atoms with Gasteiger partial charge in [0.05, 0.1) is 21.4 Å². The molecule has 0 unspecified atom stereocenters. The number of carbonyl (C=O) groups excluding carboxylic acids is 1. The van der Waals surface area contributed by atoms with Crippen LogP contribution in [0.4, 0.5) is 5.69 Å². The van der Waals surface area contributed by atoms with Crippen molar-refractivity contribution in [2.45, 2.75) is 24.2 Å². The third-order valence-corrected chi connectivity index (χ3v) is 7.14. The van der Waals surface area contributed by atoms with Gasteiger partial charge in [-0.3, -0.25) is 14.9 Å². The molecular weight excluding hydrogens is 424 g/mol. The number of piperidine rings is 1. The van der Waals surface area contributed by atoms with Gasteiger partial charge in [0.2, 0.25) is 16.8 Å². The van der Waals surface area contributed by atoms with E-state index in [1.165, 1.54) is 52.9 Å². The Morgan fingerprint density at radius 2 is 1.68 bits per heavy atom. The topological polar surface area (TPSA) is 116 Å². The summed E-state index contributed by atoms with van der Waals surface area (Å²) in [5, 5.41) is 11.3. The highest BCUT2D eigenvalue weighted by atomic mass is 32.2. The van der Waals surface area contributed by atoms with Crippen LogP contribution in [0.3, 0.4) is 0 Å². The van der Waals surface area contributed by atoms with Crippen molar-refractivity contribution in [3.05, 3.63) is 63.7 Å². The summed E-state index contributed by atoms with van der Waals surface area (Å²) in [5.74, 6) is 0.236. The number of rotatable bonds is 6. The van der Waals surface area contributed by atoms with E-state index in [9.17, 15) is 23.3 Å². The Labute approximate surface area is 179 Å². The number of allylic oxidation sites excluding steroid dienone is 1. The molecule has 2 aliphatic rings. The first-order chi connectivity index (χ1) is 14.9. The van der Waals surface area contributed by atoms with Crippen LogP contribution in [-0.2, 0) is 10.0 Å².